The maximum Gasteiger partial charge on any atom is 0.262 e. The number of rotatable bonds is 6. The van der Waals surface area contributed by atoms with Crippen LogP contribution < -0.4 is 5.56 Å². The fourth-order valence-corrected chi connectivity index (χ4v) is 3.95. The molecule has 0 aliphatic rings. The van der Waals surface area contributed by atoms with Crippen molar-refractivity contribution < 1.29 is 0 Å². The van der Waals surface area contributed by atoms with Crippen LogP contribution in [0.1, 0.15) is 32.0 Å². The van der Waals surface area contributed by atoms with E-state index in [4.69, 9.17) is 21.8 Å². The Morgan fingerprint density at radius 2 is 2.08 bits per heavy atom. The summed E-state index contributed by atoms with van der Waals surface area (Å²) in [5.41, 5.74) is 1.84. The number of thiophene rings is 1. The topological polar surface area (TPSA) is 58.7 Å². The molecule has 0 bridgehead atoms. The lowest BCUT2D eigenvalue weighted by Gasteiger charge is -2.11. The predicted molar refractivity (Wildman–Crippen MR) is 103 cm³/mol. The van der Waals surface area contributed by atoms with Crippen molar-refractivity contribution >= 4 is 33.2 Å². The maximum atomic E-state index is 13.2. The SMILES string of the molecule is CCCc1nc2scc(-c3ccc(Cl)cc3)c2c(=O)n1CCCC#N. The van der Waals surface area contributed by atoms with Crippen LogP contribution in [0.25, 0.3) is 21.3 Å². The van der Waals surface area contributed by atoms with Gasteiger partial charge in [0.05, 0.1) is 11.5 Å². The number of benzene rings is 1. The summed E-state index contributed by atoms with van der Waals surface area (Å²) in [6.45, 7) is 2.60. The Bertz CT molecular complexity index is 983. The van der Waals surface area contributed by atoms with Crippen molar-refractivity contribution in [3.05, 3.63) is 50.8 Å². The van der Waals surface area contributed by atoms with Gasteiger partial charge in [0, 0.05) is 35.4 Å². The third-order valence-corrected chi connectivity index (χ3v) is 5.20. The van der Waals surface area contributed by atoms with E-state index in [1.54, 1.807) is 4.57 Å². The summed E-state index contributed by atoms with van der Waals surface area (Å²) < 4.78 is 1.75. The van der Waals surface area contributed by atoms with Crippen molar-refractivity contribution in [1.82, 2.24) is 9.55 Å². The van der Waals surface area contributed by atoms with Crippen LogP contribution in [-0.2, 0) is 13.0 Å². The number of aromatic nitrogens is 2. The second kappa shape index (κ2) is 7.81. The van der Waals surface area contributed by atoms with E-state index in [0.29, 0.717) is 29.8 Å². The Labute approximate surface area is 155 Å². The highest BCUT2D eigenvalue weighted by molar-refractivity contribution is 7.17. The highest BCUT2D eigenvalue weighted by Crippen LogP contribution is 2.31. The number of aryl methyl sites for hydroxylation is 1. The molecule has 0 amide bonds. The molecule has 6 heteroatoms. The van der Waals surface area contributed by atoms with E-state index in [1.165, 1.54) is 11.3 Å². The molecule has 3 rings (SSSR count). The average Bonchev–Trinajstić information content (AvgIpc) is 3.03. The first-order valence-corrected chi connectivity index (χ1v) is 9.55. The average molecular weight is 372 g/mol. The van der Waals surface area contributed by atoms with Gasteiger partial charge in [0.25, 0.3) is 5.56 Å². The third-order valence-electron chi connectivity index (χ3n) is 4.07. The molecule has 25 heavy (non-hydrogen) atoms. The highest BCUT2D eigenvalue weighted by Gasteiger charge is 2.16. The van der Waals surface area contributed by atoms with Crippen molar-refractivity contribution in [2.75, 3.05) is 0 Å². The van der Waals surface area contributed by atoms with E-state index in [2.05, 4.69) is 13.0 Å². The van der Waals surface area contributed by atoms with Crippen molar-refractivity contribution in [3.8, 4) is 17.2 Å². The second-order valence-corrected chi connectivity index (χ2v) is 7.13. The summed E-state index contributed by atoms with van der Waals surface area (Å²) in [5, 5.41) is 12.1. The van der Waals surface area contributed by atoms with Gasteiger partial charge in [0.1, 0.15) is 10.7 Å². The minimum Gasteiger partial charge on any atom is -0.296 e. The molecule has 0 aliphatic carbocycles. The molecule has 0 unspecified atom stereocenters. The van der Waals surface area contributed by atoms with E-state index in [1.807, 2.05) is 29.6 Å². The second-order valence-electron chi connectivity index (χ2n) is 5.83. The van der Waals surface area contributed by atoms with Gasteiger partial charge in [0.2, 0.25) is 0 Å². The van der Waals surface area contributed by atoms with Crippen molar-refractivity contribution in [2.24, 2.45) is 0 Å². The molecule has 0 radical (unpaired) electrons. The van der Waals surface area contributed by atoms with E-state index in [-0.39, 0.29) is 5.56 Å². The Morgan fingerprint density at radius 1 is 1.32 bits per heavy atom. The van der Waals surface area contributed by atoms with E-state index in [9.17, 15) is 4.79 Å². The van der Waals surface area contributed by atoms with Gasteiger partial charge in [-0.1, -0.05) is 30.7 Å². The van der Waals surface area contributed by atoms with Gasteiger partial charge in [-0.25, -0.2) is 4.98 Å². The fourth-order valence-electron chi connectivity index (χ4n) is 2.87. The van der Waals surface area contributed by atoms with Crippen molar-refractivity contribution in [3.63, 3.8) is 0 Å². The Balaban J connectivity index is 2.16. The third kappa shape index (κ3) is 3.60. The maximum absolute atomic E-state index is 13.2. The van der Waals surface area contributed by atoms with E-state index < -0.39 is 0 Å². The normalized spacial score (nSPS) is 10.9. The standard InChI is InChI=1S/C19H18ClN3OS/c1-2-5-16-22-18-17(19(24)23(16)11-4-3-10-21)15(12-25-18)13-6-8-14(20)9-7-13/h6-9,12H,2-5,11H2,1H3. The van der Waals surface area contributed by atoms with E-state index in [0.717, 1.165) is 34.6 Å². The van der Waals surface area contributed by atoms with Crippen molar-refractivity contribution in [1.29, 1.82) is 5.26 Å². The van der Waals surface area contributed by atoms with Crippen LogP contribution in [0.2, 0.25) is 5.02 Å². The quantitative estimate of drug-likeness (QED) is 0.570. The minimum absolute atomic E-state index is 0.0161. The molecule has 2 heterocycles. The van der Waals surface area contributed by atoms with E-state index >= 15 is 0 Å². The molecule has 0 saturated heterocycles. The number of nitriles is 1. The Morgan fingerprint density at radius 3 is 2.76 bits per heavy atom. The molecule has 3 aromatic rings. The Hall–Kier alpha value is -2.16. The molecule has 4 nitrogen and oxygen atoms in total. The monoisotopic (exact) mass is 371 g/mol. The molecule has 0 fully saturated rings. The zero-order valence-corrected chi connectivity index (χ0v) is 15.5. The predicted octanol–water partition coefficient (Wildman–Crippen LogP) is 5.03. The molecule has 2 aromatic heterocycles. The molecule has 0 spiro atoms. The Kier molecular flexibility index (Phi) is 5.52. The zero-order chi connectivity index (χ0) is 17.8. The van der Waals surface area contributed by atoms with Crippen LogP contribution >= 0.6 is 22.9 Å². The van der Waals surface area contributed by atoms with Crippen LogP contribution in [0.4, 0.5) is 0 Å². The molecule has 1 aromatic carbocycles. The number of nitrogens with zero attached hydrogens (tertiary/aromatic N) is 3. The molecule has 0 N–H and O–H groups in total. The minimum atomic E-state index is -0.0161. The van der Waals surface area contributed by atoms with Gasteiger partial charge < -0.3 is 0 Å². The first kappa shape index (κ1) is 17.7. The van der Waals surface area contributed by atoms with Gasteiger partial charge in [-0.3, -0.25) is 9.36 Å². The largest absolute Gasteiger partial charge is 0.296 e. The van der Waals surface area contributed by atoms with Crippen LogP contribution in [0, 0.1) is 11.3 Å². The first-order chi connectivity index (χ1) is 12.2. The van der Waals surface area contributed by atoms with Gasteiger partial charge >= 0.3 is 0 Å². The van der Waals surface area contributed by atoms with Crippen LogP contribution in [0.5, 0.6) is 0 Å². The molecule has 0 saturated carbocycles. The summed E-state index contributed by atoms with van der Waals surface area (Å²) in [4.78, 5) is 18.7. The fraction of sp³-hybridized carbons (Fsp3) is 0.316. The number of halogens is 1. The van der Waals surface area contributed by atoms with Crippen LogP contribution in [0.3, 0.4) is 0 Å². The van der Waals surface area contributed by atoms with Gasteiger partial charge in [-0.2, -0.15) is 5.26 Å². The number of unbranched alkanes of at least 4 members (excludes halogenated alkanes) is 1. The number of fused-ring (bicyclic) bond motifs is 1. The van der Waals surface area contributed by atoms with Crippen molar-refractivity contribution in [2.45, 2.75) is 39.2 Å². The van der Waals surface area contributed by atoms with Crippen LogP contribution in [-0.4, -0.2) is 9.55 Å². The summed E-state index contributed by atoms with van der Waals surface area (Å²) in [6, 6.07) is 9.63. The molecule has 128 valence electrons. The lowest BCUT2D eigenvalue weighted by molar-refractivity contribution is 0.585. The van der Waals surface area contributed by atoms with Gasteiger partial charge in [0.15, 0.2) is 0 Å². The molecular formula is C19H18ClN3OS. The molecular weight excluding hydrogens is 354 g/mol. The van der Waals surface area contributed by atoms with Gasteiger partial charge in [-0.05, 0) is 30.5 Å². The smallest absolute Gasteiger partial charge is 0.262 e. The summed E-state index contributed by atoms with van der Waals surface area (Å²) in [7, 11) is 0. The molecule has 0 atom stereocenters. The zero-order valence-electron chi connectivity index (χ0n) is 14.0. The summed E-state index contributed by atoms with van der Waals surface area (Å²) in [5.74, 6) is 0.808. The lowest BCUT2D eigenvalue weighted by atomic mass is 10.1. The molecule has 0 aliphatic heterocycles. The summed E-state index contributed by atoms with van der Waals surface area (Å²) in [6.07, 6.45) is 2.77. The van der Waals surface area contributed by atoms with Crippen LogP contribution in [0.15, 0.2) is 34.4 Å². The van der Waals surface area contributed by atoms with Gasteiger partial charge in [-0.15, -0.1) is 11.3 Å². The lowest BCUT2D eigenvalue weighted by Crippen LogP contribution is -2.25. The number of hydrogen-bond donors (Lipinski definition) is 0. The summed E-state index contributed by atoms with van der Waals surface area (Å²) >= 11 is 7.47. The first-order valence-electron chi connectivity index (χ1n) is 8.29. The highest BCUT2D eigenvalue weighted by atomic mass is 35.5. The number of hydrogen-bond acceptors (Lipinski definition) is 4.